The molecule has 0 aliphatic carbocycles. The SMILES string of the molecule is CCCCOc1ccc(C2/C(=C(/O)c3ccc(Cl)c(OC)c3)C(=O)C(=O)N2CCC)cc1. The topological polar surface area (TPSA) is 76.1 Å². The maximum atomic E-state index is 13.0. The van der Waals surface area contributed by atoms with Gasteiger partial charge in [-0.3, -0.25) is 9.59 Å². The number of carbonyl (C=O) groups excluding carboxylic acids is 2. The number of nitrogens with zero attached hydrogens (tertiary/aromatic N) is 1. The Morgan fingerprint density at radius 2 is 1.81 bits per heavy atom. The molecule has 1 heterocycles. The fourth-order valence-electron chi connectivity index (χ4n) is 3.74. The van der Waals surface area contributed by atoms with E-state index in [0.717, 1.165) is 24.2 Å². The zero-order valence-corrected chi connectivity index (χ0v) is 19.3. The van der Waals surface area contributed by atoms with Crippen molar-refractivity contribution in [2.75, 3.05) is 20.3 Å². The van der Waals surface area contributed by atoms with Crippen LogP contribution in [-0.4, -0.2) is 42.0 Å². The van der Waals surface area contributed by atoms with Gasteiger partial charge in [0.15, 0.2) is 0 Å². The van der Waals surface area contributed by atoms with Gasteiger partial charge in [0.05, 0.1) is 30.4 Å². The third-order valence-electron chi connectivity index (χ3n) is 5.39. The molecule has 2 aromatic rings. The van der Waals surface area contributed by atoms with Crippen LogP contribution in [0.25, 0.3) is 5.76 Å². The molecule has 6 nitrogen and oxygen atoms in total. The second-order valence-electron chi connectivity index (χ2n) is 7.61. The van der Waals surface area contributed by atoms with Crippen molar-refractivity contribution in [2.45, 2.75) is 39.2 Å². The molecule has 1 amide bonds. The highest BCUT2D eigenvalue weighted by Gasteiger charge is 2.45. The molecule has 3 rings (SSSR count). The van der Waals surface area contributed by atoms with E-state index >= 15 is 0 Å². The summed E-state index contributed by atoms with van der Waals surface area (Å²) in [6.07, 6.45) is 2.68. The Bertz CT molecular complexity index is 1020. The van der Waals surface area contributed by atoms with Gasteiger partial charge in [-0.25, -0.2) is 0 Å². The Morgan fingerprint density at radius 1 is 1.09 bits per heavy atom. The average Bonchev–Trinajstić information content (AvgIpc) is 3.05. The maximum absolute atomic E-state index is 13.0. The maximum Gasteiger partial charge on any atom is 0.295 e. The van der Waals surface area contributed by atoms with E-state index in [1.165, 1.54) is 12.0 Å². The van der Waals surface area contributed by atoms with Crippen molar-refractivity contribution in [2.24, 2.45) is 0 Å². The van der Waals surface area contributed by atoms with E-state index < -0.39 is 17.7 Å². The van der Waals surface area contributed by atoms with Crippen LogP contribution in [0.3, 0.4) is 0 Å². The number of ether oxygens (including phenoxy) is 2. The molecule has 1 saturated heterocycles. The first kappa shape index (κ1) is 23.7. The molecule has 0 saturated carbocycles. The summed E-state index contributed by atoms with van der Waals surface area (Å²) in [5.41, 5.74) is 1.13. The van der Waals surface area contributed by atoms with Gasteiger partial charge in [-0.2, -0.15) is 0 Å². The molecule has 1 aliphatic rings. The summed E-state index contributed by atoms with van der Waals surface area (Å²) < 4.78 is 11.0. The highest BCUT2D eigenvalue weighted by molar-refractivity contribution is 6.46. The minimum atomic E-state index is -0.710. The predicted octanol–water partition coefficient (Wildman–Crippen LogP) is 5.36. The standard InChI is InChI=1S/C25H28ClNO5/c1-4-6-14-32-18-10-7-16(8-11-18)22-21(24(29)25(30)27(22)13-5-2)23(28)17-9-12-19(26)20(15-17)31-3/h7-12,15,22,28H,4-6,13-14H2,1-3H3/b23-21-. The van der Waals surface area contributed by atoms with Gasteiger partial charge in [0.1, 0.15) is 17.3 Å². The van der Waals surface area contributed by atoms with Crippen molar-refractivity contribution in [3.05, 3.63) is 64.2 Å². The fourth-order valence-corrected chi connectivity index (χ4v) is 3.94. The number of likely N-dealkylation sites (tertiary alicyclic amines) is 1. The lowest BCUT2D eigenvalue weighted by molar-refractivity contribution is -0.139. The molecule has 0 aromatic heterocycles. The predicted molar refractivity (Wildman–Crippen MR) is 124 cm³/mol. The van der Waals surface area contributed by atoms with Gasteiger partial charge in [0, 0.05) is 12.1 Å². The van der Waals surface area contributed by atoms with Gasteiger partial charge in [0.25, 0.3) is 11.7 Å². The van der Waals surface area contributed by atoms with Crippen LogP contribution in [0, 0.1) is 0 Å². The van der Waals surface area contributed by atoms with Crippen LogP contribution in [0.2, 0.25) is 5.02 Å². The highest BCUT2D eigenvalue weighted by Crippen LogP contribution is 2.40. The number of hydrogen-bond acceptors (Lipinski definition) is 5. The van der Waals surface area contributed by atoms with Crippen LogP contribution >= 0.6 is 11.6 Å². The summed E-state index contributed by atoms with van der Waals surface area (Å²) >= 11 is 6.10. The molecular weight excluding hydrogens is 430 g/mol. The Morgan fingerprint density at radius 3 is 2.44 bits per heavy atom. The molecule has 7 heteroatoms. The second-order valence-corrected chi connectivity index (χ2v) is 8.02. The monoisotopic (exact) mass is 457 g/mol. The number of carbonyl (C=O) groups is 2. The molecule has 1 fully saturated rings. The van der Waals surface area contributed by atoms with E-state index in [0.29, 0.717) is 35.9 Å². The van der Waals surface area contributed by atoms with Crippen LogP contribution in [0.15, 0.2) is 48.0 Å². The Kier molecular flexibility index (Phi) is 7.80. The number of methoxy groups -OCH3 is 1. The summed E-state index contributed by atoms with van der Waals surface area (Å²) in [6, 6.07) is 11.3. The molecule has 32 heavy (non-hydrogen) atoms. The number of amides is 1. The lowest BCUT2D eigenvalue weighted by atomic mass is 9.95. The molecule has 0 radical (unpaired) electrons. The smallest absolute Gasteiger partial charge is 0.295 e. The lowest BCUT2D eigenvalue weighted by Crippen LogP contribution is -2.30. The number of aliphatic hydroxyl groups excluding tert-OH is 1. The van der Waals surface area contributed by atoms with Gasteiger partial charge in [-0.1, -0.05) is 44.0 Å². The largest absolute Gasteiger partial charge is 0.507 e. The van der Waals surface area contributed by atoms with Gasteiger partial charge in [-0.05, 0) is 48.7 Å². The fraction of sp³-hybridized carbons (Fsp3) is 0.360. The molecule has 0 bridgehead atoms. The molecule has 0 spiro atoms. The van der Waals surface area contributed by atoms with Crippen LogP contribution in [-0.2, 0) is 9.59 Å². The zero-order chi connectivity index (χ0) is 23.3. The van der Waals surface area contributed by atoms with Crippen LogP contribution < -0.4 is 9.47 Å². The number of halogens is 1. The summed E-state index contributed by atoms with van der Waals surface area (Å²) in [5.74, 6) is -0.508. The van der Waals surface area contributed by atoms with Gasteiger partial charge in [-0.15, -0.1) is 0 Å². The first-order chi connectivity index (χ1) is 15.4. The van der Waals surface area contributed by atoms with Crippen molar-refractivity contribution in [3.8, 4) is 11.5 Å². The molecule has 170 valence electrons. The summed E-state index contributed by atoms with van der Waals surface area (Å²) in [7, 11) is 1.47. The minimum absolute atomic E-state index is 0.0486. The van der Waals surface area contributed by atoms with E-state index in [-0.39, 0.29) is 11.3 Å². The zero-order valence-electron chi connectivity index (χ0n) is 18.6. The number of aliphatic hydroxyl groups is 1. The molecular formula is C25H28ClNO5. The number of unbranched alkanes of at least 4 members (excludes halogenated alkanes) is 1. The van der Waals surface area contributed by atoms with E-state index in [1.807, 2.05) is 31.2 Å². The summed E-state index contributed by atoms with van der Waals surface area (Å²) in [6.45, 7) is 5.05. The number of rotatable bonds is 9. The van der Waals surface area contributed by atoms with Crippen molar-refractivity contribution >= 4 is 29.1 Å². The first-order valence-electron chi connectivity index (χ1n) is 10.8. The van der Waals surface area contributed by atoms with E-state index in [1.54, 1.807) is 18.2 Å². The Labute approximate surface area is 193 Å². The number of Topliss-reactive ketones (excluding diaryl/α,β-unsaturated/α-hetero) is 1. The van der Waals surface area contributed by atoms with Crippen LogP contribution in [0.5, 0.6) is 11.5 Å². The third-order valence-corrected chi connectivity index (χ3v) is 5.70. The van der Waals surface area contributed by atoms with Crippen molar-refractivity contribution in [3.63, 3.8) is 0 Å². The van der Waals surface area contributed by atoms with E-state index in [2.05, 4.69) is 6.92 Å². The van der Waals surface area contributed by atoms with Crippen LogP contribution in [0.1, 0.15) is 50.3 Å². The molecule has 1 aliphatic heterocycles. The molecule has 1 atom stereocenters. The molecule has 1 unspecified atom stereocenters. The second kappa shape index (κ2) is 10.6. The Balaban J connectivity index is 2.06. The quantitative estimate of drug-likeness (QED) is 0.237. The molecule has 1 N–H and O–H groups in total. The third kappa shape index (κ3) is 4.75. The number of benzene rings is 2. The summed E-state index contributed by atoms with van der Waals surface area (Å²) in [5, 5.41) is 11.5. The lowest BCUT2D eigenvalue weighted by Gasteiger charge is -2.25. The number of ketones is 1. The van der Waals surface area contributed by atoms with E-state index in [4.69, 9.17) is 21.1 Å². The normalized spacial score (nSPS) is 17.6. The van der Waals surface area contributed by atoms with Gasteiger partial charge >= 0.3 is 0 Å². The minimum Gasteiger partial charge on any atom is -0.507 e. The van der Waals surface area contributed by atoms with Crippen molar-refractivity contribution in [1.29, 1.82) is 0 Å². The van der Waals surface area contributed by atoms with Crippen molar-refractivity contribution in [1.82, 2.24) is 4.90 Å². The van der Waals surface area contributed by atoms with Gasteiger partial charge in [0.2, 0.25) is 0 Å². The Hall–Kier alpha value is -2.99. The first-order valence-corrected chi connectivity index (χ1v) is 11.2. The highest BCUT2D eigenvalue weighted by atomic mass is 35.5. The van der Waals surface area contributed by atoms with Crippen LogP contribution in [0.4, 0.5) is 0 Å². The summed E-state index contributed by atoms with van der Waals surface area (Å²) in [4.78, 5) is 27.3. The molecule has 2 aromatic carbocycles. The van der Waals surface area contributed by atoms with Gasteiger partial charge < -0.3 is 19.5 Å². The van der Waals surface area contributed by atoms with Crippen molar-refractivity contribution < 1.29 is 24.2 Å². The average molecular weight is 458 g/mol. The van der Waals surface area contributed by atoms with E-state index in [9.17, 15) is 14.7 Å². The number of hydrogen-bond donors (Lipinski definition) is 1.